The Morgan fingerprint density at radius 3 is 2.53 bits per heavy atom. The van der Waals surface area contributed by atoms with Crippen molar-refractivity contribution in [2.24, 2.45) is 0 Å². The number of carbonyl (C=O) groups excluding carboxylic acids is 1. The molecule has 0 unspecified atom stereocenters. The van der Waals surface area contributed by atoms with Gasteiger partial charge < -0.3 is 25.8 Å². The topological polar surface area (TPSA) is 114 Å². The zero-order chi connectivity index (χ0) is 27.2. The van der Waals surface area contributed by atoms with Gasteiger partial charge in [-0.3, -0.25) is 9.59 Å². The van der Waals surface area contributed by atoms with Gasteiger partial charge >= 0.3 is 0 Å². The third-order valence-corrected chi connectivity index (χ3v) is 6.88. The van der Waals surface area contributed by atoms with Crippen LogP contribution in [0.4, 0.5) is 0 Å². The molecular formula is C31H35N3O4. The highest BCUT2D eigenvalue weighted by atomic mass is 16.3. The van der Waals surface area contributed by atoms with Gasteiger partial charge in [-0.2, -0.15) is 0 Å². The maximum Gasteiger partial charge on any atom is 0.248 e. The third kappa shape index (κ3) is 6.88. The largest absolute Gasteiger partial charge is 0.506 e. The van der Waals surface area contributed by atoms with Gasteiger partial charge in [-0.25, -0.2) is 0 Å². The number of aromatic amines is 1. The second-order valence-corrected chi connectivity index (χ2v) is 10.0. The van der Waals surface area contributed by atoms with E-state index in [1.54, 1.807) is 12.1 Å². The molecule has 0 saturated carbocycles. The van der Waals surface area contributed by atoms with Crippen molar-refractivity contribution >= 4 is 16.8 Å². The number of phenols is 1. The van der Waals surface area contributed by atoms with Crippen molar-refractivity contribution < 1.29 is 15.0 Å². The number of aryl methyl sites for hydroxylation is 2. The second-order valence-electron chi connectivity index (χ2n) is 10.0. The van der Waals surface area contributed by atoms with Crippen molar-refractivity contribution in [2.75, 3.05) is 6.54 Å². The molecule has 0 spiro atoms. The number of aliphatic hydroxyl groups is 1. The number of aromatic nitrogens is 1. The lowest BCUT2D eigenvalue weighted by Crippen LogP contribution is -2.32. The number of aromatic hydroxyl groups is 1. The van der Waals surface area contributed by atoms with Crippen LogP contribution in [-0.2, 0) is 24.2 Å². The van der Waals surface area contributed by atoms with Gasteiger partial charge in [0.05, 0.1) is 18.0 Å². The predicted octanol–water partition coefficient (Wildman–Crippen LogP) is 3.96. The van der Waals surface area contributed by atoms with Crippen LogP contribution < -0.4 is 16.2 Å². The molecule has 1 amide bonds. The van der Waals surface area contributed by atoms with Crippen LogP contribution in [0.5, 0.6) is 5.75 Å². The lowest BCUT2D eigenvalue weighted by molar-refractivity contribution is -0.120. The number of rotatable bonds is 10. The highest BCUT2D eigenvalue weighted by Crippen LogP contribution is 2.28. The summed E-state index contributed by atoms with van der Waals surface area (Å²) >= 11 is 0. The van der Waals surface area contributed by atoms with Crippen LogP contribution >= 0.6 is 0 Å². The summed E-state index contributed by atoms with van der Waals surface area (Å²) in [6.07, 6.45) is 0.225. The summed E-state index contributed by atoms with van der Waals surface area (Å²) in [7, 11) is 0. The number of carbonyl (C=O) groups is 1. The first-order valence-corrected chi connectivity index (χ1v) is 12.9. The van der Waals surface area contributed by atoms with Gasteiger partial charge in [0, 0.05) is 30.6 Å². The number of benzene rings is 3. The number of hydrogen-bond donors (Lipinski definition) is 5. The molecule has 4 rings (SSSR count). The average Bonchev–Trinajstić information content (AvgIpc) is 2.88. The maximum atomic E-state index is 12.5. The zero-order valence-corrected chi connectivity index (χ0v) is 22.0. The minimum atomic E-state index is -0.821. The molecule has 0 aliphatic carbocycles. The molecule has 7 heteroatoms. The first-order chi connectivity index (χ1) is 18.2. The molecule has 7 nitrogen and oxygen atoms in total. The Balaban J connectivity index is 1.30. The Bertz CT molecular complexity index is 1490. The smallest absolute Gasteiger partial charge is 0.248 e. The van der Waals surface area contributed by atoms with Gasteiger partial charge in [0.1, 0.15) is 5.75 Å². The van der Waals surface area contributed by atoms with E-state index in [4.69, 9.17) is 0 Å². The fraction of sp³-hybridized carbons (Fsp3) is 0.290. The number of aliphatic hydroxyl groups excluding tert-OH is 1. The quantitative estimate of drug-likeness (QED) is 0.220. The van der Waals surface area contributed by atoms with Crippen molar-refractivity contribution in [2.45, 2.75) is 52.3 Å². The van der Waals surface area contributed by atoms with E-state index in [1.165, 1.54) is 23.3 Å². The number of hydrogen-bond acceptors (Lipinski definition) is 5. The van der Waals surface area contributed by atoms with Crippen LogP contribution in [-0.4, -0.2) is 33.7 Å². The summed E-state index contributed by atoms with van der Waals surface area (Å²) in [5.41, 5.74) is 6.23. The van der Waals surface area contributed by atoms with E-state index in [1.807, 2.05) is 37.3 Å². The maximum absolute atomic E-state index is 12.5. The molecular weight excluding hydrogens is 478 g/mol. The molecule has 3 aromatic carbocycles. The summed E-state index contributed by atoms with van der Waals surface area (Å²) in [6, 6.07) is 20.4. The number of fused-ring (bicyclic) bond motifs is 1. The molecule has 2 atom stereocenters. The SMILES string of the molecule is Cc1ccc(CNC(=O)Cc2cccc(C[C@@H](C)NC[C@H](O)c3ccc(O)c4[nH]c(=O)ccc34)c2)cc1C. The van der Waals surface area contributed by atoms with E-state index in [0.717, 1.165) is 23.1 Å². The van der Waals surface area contributed by atoms with Crippen molar-refractivity contribution in [3.05, 3.63) is 110 Å². The van der Waals surface area contributed by atoms with Crippen molar-refractivity contribution in [3.63, 3.8) is 0 Å². The van der Waals surface area contributed by atoms with Gasteiger partial charge in [-0.15, -0.1) is 0 Å². The zero-order valence-electron chi connectivity index (χ0n) is 22.0. The lowest BCUT2D eigenvalue weighted by Gasteiger charge is -2.19. The number of H-pyrrole nitrogens is 1. The Hall–Kier alpha value is -3.94. The predicted molar refractivity (Wildman–Crippen MR) is 150 cm³/mol. The van der Waals surface area contributed by atoms with E-state index >= 15 is 0 Å². The molecule has 38 heavy (non-hydrogen) atoms. The fourth-order valence-corrected chi connectivity index (χ4v) is 4.63. The molecule has 198 valence electrons. The molecule has 1 heterocycles. The Morgan fingerprint density at radius 2 is 1.74 bits per heavy atom. The van der Waals surface area contributed by atoms with Gasteiger partial charge in [-0.1, -0.05) is 48.5 Å². The monoisotopic (exact) mass is 513 g/mol. The van der Waals surface area contributed by atoms with E-state index < -0.39 is 6.10 Å². The van der Waals surface area contributed by atoms with Crippen LogP contribution in [0.3, 0.4) is 0 Å². The van der Waals surface area contributed by atoms with E-state index in [0.29, 0.717) is 36.0 Å². The normalized spacial score (nSPS) is 12.8. The van der Waals surface area contributed by atoms with Gasteiger partial charge in [0.25, 0.3) is 0 Å². The van der Waals surface area contributed by atoms with Crippen molar-refractivity contribution in [1.29, 1.82) is 0 Å². The molecule has 0 radical (unpaired) electrons. The van der Waals surface area contributed by atoms with Crippen LogP contribution in [0.25, 0.3) is 10.9 Å². The molecule has 0 fully saturated rings. The average molecular weight is 514 g/mol. The third-order valence-electron chi connectivity index (χ3n) is 6.88. The Morgan fingerprint density at radius 1 is 0.947 bits per heavy atom. The summed E-state index contributed by atoms with van der Waals surface area (Å²) in [5, 5.41) is 27.9. The number of nitrogens with one attached hydrogen (secondary N) is 3. The summed E-state index contributed by atoms with van der Waals surface area (Å²) in [4.78, 5) is 26.8. The van der Waals surface area contributed by atoms with E-state index in [2.05, 4.69) is 41.6 Å². The van der Waals surface area contributed by atoms with Gasteiger partial charge in [0.2, 0.25) is 11.5 Å². The second kappa shape index (κ2) is 12.1. The van der Waals surface area contributed by atoms with Crippen LogP contribution in [0.2, 0.25) is 0 Å². The lowest BCUT2D eigenvalue weighted by atomic mass is 10.0. The van der Waals surface area contributed by atoms with Gasteiger partial charge in [0.15, 0.2) is 0 Å². The van der Waals surface area contributed by atoms with E-state index in [-0.39, 0.29) is 23.3 Å². The first-order valence-electron chi connectivity index (χ1n) is 12.9. The molecule has 0 aliphatic rings. The minimum Gasteiger partial charge on any atom is -0.506 e. The standard InChI is InChI=1S/C31H35N3O4/c1-19-7-8-24(13-20(19)2)17-33-30(38)16-23-6-4-5-22(15-23)14-21(3)32-18-28(36)25-9-11-27(35)31-26(25)10-12-29(37)34-31/h4-13,15,21,28,32,35-36H,14,16-18H2,1-3H3,(H,33,38)(H,34,37)/t21-,28+/m1/s1. The first kappa shape index (κ1) is 27.1. The molecule has 5 N–H and O–H groups in total. The summed E-state index contributed by atoms with van der Waals surface area (Å²) in [6.45, 7) is 7.00. The van der Waals surface area contributed by atoms with Gasteiger partial charge in [-0.05, 0) is 72.7 Å². The molecule has 0 bridgehead atoms. The minimum absolute atomic E-state index is 0.0165. The molecule has 0 aliphatic heterocycles. The van der Waals surface area contributed by atoms with Crippen LogP contribution in [0, 0.1) is 13.8 Å². The van der Waals surface area contributed by atoms with Crippen LogP contribution in [0.15, 0.2) is 71.5 Å². The number of phenolic OH excluding ortho intramolecular Hbond substituents is 1. The van der Waals surface area contributed by atoms with E-state index in [9.17, 15) is 19.8 Å². The van der Waals surface area contributed by atoms with Crippen molar-refractivity contribution in [3.8, 4) is 5.75 Å². The number of amides is 1. The highest BCUT2D eigenvalue weighted by Gasteiger charge is 2.15. The van der Waals surface area contributed by atoms with Crippen molar-refractivity contribution in [1.82, 2.24) is 15.6 Å². The fourth-order valence-electron chi connectivity index (χ4n) is 4.63. The number of pyridine rings is 1. The molecule has 0 saturated heterocycles. The Kier molecular flexibility index (Phi) is 8.61. The molecule has 1 aromatic heterocycles. The highest BCUT2D eigenvalue weighted by molar-refractivity contribution is 5.87. The van der Waals surface area contributed by atoms with Crippen LogP contribution in [0.1, 0.15) is 46.4 Å². The summed E-state index contributed by atoms with van der Waals surface area (Å²) < 4.78 is 0. The Labute approximate surface area is 222 Å². The summed E-state index contributed by atoms with van der Waals surface area (Å²) in [5.74, 6) is -0.0501. The molecule has 4 aromatic rings.